The minimum absolute atomic E-state index is 0.0147. The van der Waals surface area contributed by atoms with Gasteiger partial charge in [-0.1, -0.05) is 142 Å². The van der Waals surface area contributed by atoms with Crippen molar-refractivity contribution < 1.29 is 38.3 Å². The molecule has 2 N–H and O–H groups in total. The van der Waals surface area contributed by atoms with Crippen molar-refractivity contribution in [2.75, 3.05) is 26.3 Å². The first-order valence-electron chi connectivity index (χ1n) is 20.0. The summed E-state index contributed by atoms with van der Waals surface area (Å²) in [5.74, 6) is 0. The minimum Gasteiger partial charge on any atom is -0.414 e. The van der Waals surface area contributed by atoms with E-state index < -0.39 is 57.1 Å². The Bertz CT molecular complexity index is 1710. The maximum atomic E-state index is 11.8. The Balaban J connectivity index is 1.27. The second kappa shape index (κ2) is 19.9. The van der Waals surface area contributed by atoms with Crippen molar-refractivity contribution in [3.05, 3.63) is 144 Å². The molecule has 0 aromatic heterocycles. The fourth-order valence-corrected chi connectivity index (χ4v) is 8.27. The summed E-state index contributed by atoms with van der Waals surface area (Å²) >= 11 is 0. The summed E-state index contributed by atoms with van der Waals surface area (Å²) in [4.78, 5) is 2.08. The van der Waals surface area contributed by atoms with Gasteiger partial charge in [-0.25, -0.2) is 0 Å². The minimum atomic E-state index is -2.14. The molecule has 4 aromatic rings. The molecule has 9 nitrogen and oxygen atoms in total. The van der Waals surface area contributed by atoms with Crippen LogP contribution in [0.1, 0.15) is 43.0 Å². The molecule has 2 aliphatic rings. The van der Waals surface area contributed by atoms with Crippen LogP contribution in [0, 0.1) is 0 Å². The first kappa shape index (κ1) is 42.3. The van der Waals surface area contributed by atoms with Crippen LogP contribution in [0.5, 0.6) is 0 Å². The second-order valence-electron chi connectivity index (χ2n) is 16.6. The zero-order chi connectivity index (χ0) is 39.5. The smallest absolute Gasteiger partial charge is 0.192 e. The molecule has 6 rings (SSSR count). The van der Waals surface area contributed by atoms with Crippen LogP contribution in [0.25, 0.3) is 0 Å². The van der Waals surface area contributed by atoms with Crippen LogP contribution in [0.2, 0.25) is 18.1 Å². The number of aliphatic hydroxyl groups is 2. The molecular formula is C46H61NO8Si. The first-order chi connectivity index (χ1) is 27.0. The van der Waals surface area contributed by atoms with Gasteiger partial charge >= 0.3 is 0 Å². The number of likely N-dealkylation sites (tertiary alicyclic amines) is 1. The highest BCUT2D eigenvalue weighted by Crippen LogP contribution is 2.38. The summed E-state index contributed by atoms with van der Waals surface area (Å²) in [7, 11) is -2.14. The summed E-state index contributed by atoms with van der Waals surface area (Å²) in [6.07, 6.45) is -3.99. The van der Waals surface area contributed by atoms with Gasteiger partial charge in [-0.05, 0) is 40.4 Å². The topological polar surface area (TPSA) is 99.1 Å². The van der Waals surface area contributed by atoms with E-state index in [-0.39, 0.29) is 18.2 Å². The van der Waals surface area contributed by atoms with Crippen molar-refractivity contribution in [3.63, 3.8) is 0 Å². The van der Waals surface area contributed by atoms with Crippen molar-refractivity contribution in [2.45, 2.75) is 114 Å². The van der Waals surface area contributed by atoms with E-state index in [9.17, 15) is 10.2 Å². The summed E-state index contributed by atoms with van der Waals surface area (Å²) < 4.78 is 40.4. The molecule has 56 heavy (non-hydrogen) atoms. The van der Waals surface area contributed by atoms with Gasteiger partial charge in [-0.2, -0.15) is 0 Å². The number of nitrogens with zero attached hydrogens (tertiary/aromatic N) is 1. The molecule has 0 aliphatic carbocycles. The number of piperidine rings is 1. The molecule has 0 bridgehead atoms. The van der Waals surface area contributed by atoms with E-state index in [1.54, 1.807) is 0 Å². The largest absolute Gasteiger partial charge is 0.414 e. The molecule has 0 saturated carbocycles. The summed E-state index contributed by atoms with van der Waals surface area (Å²) in [5.41, 5.74) is 4.09. The predicted octanol–water partition coefficient (Wildman–Crippen LogP) is 7.15. The van der Waals surface area contributed by atoms with Crippen molar-refractivity contribution in [1.29, 1.82) is 0 Å². The zero-order valence-electron chi connectivity index (χ0n) is 33.6. The highest BCUT2D eigenvalue weighted by Gasteiger charge is 2.51. The number of hydrogen-bond donors (Lipinski definition) is 2. The highest BCUT2D eigenvalue weighted by molar-refractivity contribution is 6.74. The summed E-state index contributed by atoms with van der Waals surface area (Å²) in [5, 5.41) is 22.9. The second-order valence-corrected chi connectivity index (χ2v) is 21.4. The Morgan fingerprint density at radius 2 is 1.00 bits per heavy atom. The van der Waals surface area contributed by atoms with Crippen molar-refractivity contribution in [3.8, 4) is 0 Å². The van der Waals surface area contributed by atoms with E-state index >= 15 is 0 Å². The van der Waals surface area contributed by atoms with Crippen LogP contribution in [-0.4, -0.2) is 98.5 Å². The van der Waals surface area contributed by atoms with E-state index in [1.807, 2.05) is 97.1 Å². The Morgan fingerprint density at radius 1 is 0.607 bits per heavy atom. The van der Waals surface area contributed by atoms with Crippen LogP contribution < -0.4 is 0 Å². The molecule has 0 amide bonds. The van der Waals surface area contributed by atoms with Gasteiger partial charge in [0.1, 0.15) is 30.5 Å². The van der Waals surface area contributed by atoms with E-state index in [2.05, 4.69) is 63.0 Å². The molecule has 4 aromatic carbocycles. The van der Waals surface area contributed by atoms with Gasteiger partial charge in [-0.15, -0.1) is 0 Å². The molecule has 0 spiro atoms. The maximum Gasteiger partial charge on any atom is 0.192 e. The van der Waals surface area contributed by atoms with Gasteiger partial charge in [0.2, 0.25) is 0 Å². The van der Waals surface area contributed by atoms with Gasteiger partial charge in [-0.3, -0.25) is 4.90 Å². The van der Waals surface area contributed by atoms with E-state index in [1.165, 1.54) is 0 Å². The van der Waals surface area contributed by atoms with E-state index in [0.717, 1.165) is 22.3 Å². The standard InChI is InChI=1S/C46H61NO8Si/c1-46(2,3)56(4,5)54-33-41-45(53-32-37-24-16-9-17-25-37)44(52-31-36-22-14-8-15-23-36)40(55-41)27-47-26-39(49)43(51-30-35-20-12-7-13-21-35)42(38(47)28-48)50-29-34-18-10-6-11-19-34/h6-25,38-45,48-49H,26-33H2,1-5H3/t38-,39+,40+,41-,42+,43+,44+,45+/m0/s1. The van der Waals surface area contributed by atoms with Gasteiger partial charge in [0, 0.05) is 13.1 Å². The number of hydrogen-bond acceptors (Lipinski definition) is 9. The monoisotopic (exact) mass is 783 g/mol. The van der Waals surface area contributed by atoms with Crippen LogP contribution in [0.4, 0.5) is 0 Å². The van der Waals surface area contributed by atoms with Gasteiger partial charge < -0.3 is 38.3 Å². The lowest BCUT2D eigenvalue weighted by molar-refractivity contribution is -0.198. The molecule has 0 radical (unpaired) electrons. The Morgan fingerprint density at radius 3 is 1.41 bits per heavy atom. The number of benzene rings is 4. The molecule has 8 atom stereocenters. The van der Waals surface area contributed by atoms with Crippen LogP contribution in [0.15, 0.2) is 121 Å². The van der Waals surface area contributed by atoms with Crippen LogP contribution >= 0.6 is 0 Å². The highest BCUT2D eigenvalue weighted by atomic mass is 28.4. The summed E-state index contributed by atoms with van der Waals surface area (Å²) in [6.45, 7) is 13.3. The van der Waals surface area contributed by atoms with Crippen molar-refractivity contribution in [1.82, 2.24) is 4.90 Å². The zero-order valence-corrected chi connectivity index (χ0v) is 34.6. The Labute approximate surface area is 334 Å². The fourth-order valence-electron chi connectivity index (χ4n) is 7.26. The average Bonchev–Trinajstić information content (AvgIpc) is 3.53. The molecule has 302 valence electrons. The van der Waals surface area contributed by atoms with E-state index in [0.29, 0.717) is 39.6 Å². The molecular weight excluding hydrogens is 723 g/mol. The van der Waals surface area contributed by atoms with Gasteiger partial charge in [0.05, 0.1) is 57.9 Å². The van der Waals surface area contributed by atoms with Gasteiger partial charge in [0.15, 0.2) is 8.32 Å². The predicted molar refractivity (Wildman–Crippen MR) is 220 cm³/mol. The third-order valence-electron chi connectivity index (χ3n) is 11.5. The molecule has 2 saturated heterocycles. The molecule has 2 heterocycles. The Hall–Kier alpha value is -3.26. The number of β-amino-alcohol motifs (C(OH)–C–C–N with tert-alkyl or cyclic N) is 1. The average molecular weight is 784 g/mol. The van der Waals surface area contributed by atoms with Gasteiger partial charge in [0.25, 0.3) is 0 Å². The van der Waals surface area contributed by atoms with Crippen LogP contribution in [0.3, 0.4) is 0 Å². The molecule has 2 aliphatic heterocycles. The SMILES string of the molecule is CC(C)(C)[Si](C)(C)OC[C@@H]1O[C@H](CN2C[C@@H](O)[C@@H](OCc3ccccc3)[C@H](OCc3ccccc3)[C@@H]2CO)[C@@H](OCc2ccccc2)[C@@H]1OCc1ccccc1. The number of ether oxygens (including phenoxy) is 5. The quantitative estimate of drug-likeness (QED) is 0.102. The molecule has 2 fully saturated rings. The Kier molecular flexibility index (Phi) is 15.1. The number of rotatable bonds is 18. The van der Waals surface area contributed by atoms with E-state index in [4.69, 9.17) is 28.1 Å². The van der Waals surface area contributed by atoms with Crippen molar-refractivity contribution >= 4 is 8.32 Å². The third-order valence-corrected chi connectivity index (χ3v) is 16.0. The lowest BCUT2D eigenvalue weighted by Gasteiger charge is -2.47. The molecule has 10 heteroatoms. The third kappa shape index (κ3) is 11.2. The van der Waals surface area contributed by atoms with Crippen molar-refractivity contribution in [2.24, 2.45) is 0 Å². The lowest BCUT2D eigenvalue weighted by Crippen LogP contribution is -2.65. The fraction of sp³-hybridized carbons (Fsp3) is 0.478. The van der Waals surface area contributed by atoms with Crippen LogP contribution in [-0.2, 0) is 54.5 Å². The lowest BCUT2D eigenvalue weighted by atomic mass is 9.92. The number of aliphatic hydroxyl groups excluding tert-OH is 2. The molecule has 0 unspecified atom stereocenters. The first-order valence-corrected chi connectivity index (χ1v) is 22.9. The maximum absolute atomic E-state index is 11.8. The summed E-state index contributed by atoms with van der Waals surface area (Å²) in [6, 6.07) is 39.6. The normalized spacial score (nSPS) is 26.1.